The molecule has 2 aromatic carbocycles. The zero-order valence-electron chi connectivity index (χ0n) is 9.80. The second kappa shape index (κ2) is 6.36. The summed E-state index contributed by atoms with van der Waals surface area (Å²) in [5.41, 5.74) is 1.96. The van der Waals surface area contributed by atoms with E-state index in [1.54, 1.807) is 0 Å². The van der Waals surface area contributed by atoms with Gasteiger partial charge < -0.3 is 4.74 Å². The summed E-state index contributed by atoms with van der Waals surface area (Å²) in [7, 11) is 0. The van der Waals surface area contributed by atoms with Gasteiger partial charge in [0.05, 0.1) is 6.42 Å². The number of esters is 1. The van der Waals surface area contributed by atoms with E-state index in [4.69, 9.17) is 4.74 Å². The van der Waals surface area contributed by atoms with Crippen molar-refractivity contribution < 1.29 is 9.53 Å². The van der Waals surface area contributed by atoms with Crippen molar-refractivity contribution in [3.8, 4) is 0 Å². The van der Waals surface area contributed by atoms with Gasteiger partial charge in [0.1, 0.15) is 6.61 Å². The number of halogens is 1. The van der Waals surface area contributed by atoms with E-state index < -0.39 is 0 Å². The first-order valence-corrected chi connectivity index (χ1v) is 6.47. The highest BCUT2D eigenvalue weighted by Gasteiger charge is 2.04. The molecule has 0 fully saturated rings. The maximum absolute atomic E-state index is 11.6. The topological polar surface area (TPSA) is 26.3 Å². The van der Waals surface area contributed by atoms with Crippen molar-refractivity contribution in [2.75, 3.05) is 0 Å². The lowest BCUT2D eigenvalue weighted by Gasteiger charge is -2.05. The quantitative estimate of drug-likeness (QED) is 0.805. The Bertz CT molecular complexity index is 506. The largest absolute Gasteiger partial charge is 0.461 e. The Morgan fingerprint density at radius 3 is 2.28 bits per heavy atom. The Kier molecular flexibility index (Phi) is 4.53. The van der Waals surface area contributed by atoms with Crippen LogP contribution in [0.5, 0.6) is 0 Å². The number of carbonyl (C=O) groups is 1. The van der Waals surface area contributed by atoms with Gasteiger partial charge in [-0.1, -0.05) is 58.4 Å². The normalized spacial score (nSPS) is 10.1. The zero-order valence-corrected chi connectivity index (χ0v) is 11.4. The van der Waals surface area contributed by atoms with E-state index in [9.17, 15) is 4.79 Å². The Labute approximate surface area is 115 Å². The van der Waals surface area contributed by atoms with Crippen LogP contribution in [0.2, 0.25) is 0 Å². The summed E-state index contributed by atoms with van der Waals surface area (Å²) in [6.07, 6.45) is 0.317. The lowest BCUT2D eigenvalue weighted by Crippen LogP contribution is -2.07. The molecule has 18 heavy (non-hydrogen) atoms. The summed E-state index contributed by atoms with van der Waals surface area (Å²) in [5, 5.41) is 0. The Morgan fingerprint density at radius 2 is 1.61 bits per heavy atom. The van der Waals surface area contributed by atoms with Crippen LogP contribution < -0.4 is 0 Å². The highest BCUT2D eigenvalue weighted by Crippen LogP contribution is 2.11. The average molecular weight is 305 g/mol. The van der Waals surface area contributed by atoms with Gasteiger partial charge >= 0.3 is 5.97 Å². The van der Waals surface area contributed by atoms with E-state index in [0.717, 1.165) is 15.6 Å². The second-order valence-corrected chi connectivity index (χ2v) is 4.87. The average Bonchev–Trinajstić information content (AvgIpc) is 2.39. The smallest absolute Gasteiger partial charge is 0.310 e. The third kappa shape index (κ3) is 4.00. The third-order valence-corrected chi connectivity index (χ3v) is 3.03. The monoisotopic (exact) mass is 304 g/mol. The van der Waals surface area contributed by atoms with Gasteiger partial charge in [0.2, 0.25) is 0 Å². The number of rotatable bonds is 4. The van der Waals surface area contributed by atoms with E-state index in [1.807, 2.05) is 54.6 Å². The molecule has 0 amide bonds. The molecule has 0 aliphatic rings. The van der Waals surface area contributed by atoms with E-state index >= 15 is 0 Å². The van der Waals surface area contributed by atoms with E-state index in [-0.39, 0.29) is 5.97 Å². The molecular weight excluding hydrogens is 292 g/mol. The minimum absolute atomic E-state index is 0.205. The van der Waals surface area contributed by atoms with Crippen LogP contribution in [0, 0.1) is 0 Å². The van der Waals surface area contributed by atoms with Gasteiger partial charge in [0, 0.05) is 4.47 Å². The fourth-order valence-corrected chi connectivity index (χ4v) is 1.82. The lowest BCUT2D eigenvalue weighted by molar-refractivity contribution is -0.144. The van der Waals surface area contributed by atoms with Crippen molar-refractivity contribution in [3.63, 3.8) is 0 Å². The Morgan fingerprint density at radius 1 is 0.944 bits per heavy atom. The summed E-state index contributed by atoms with van der Waals surface area (Å²) in [4.78, 5) is 11.6. The van der Waals surface area contributed by atoms with Gasteiger partial charge in [0.25, 0.3) is 0 Å². The highest BCUT2D eigenvalue weighted by atomic mass is 79.9. The molecule has 0 unspecified atom stereocenters. The number of benzene rings is 2. The lowest BCUT2D eigenvalue weighted by atomic mass is 10.1. The molecule has 0 saturated carbocycles. The number of hydrogen-bond donors (Lipinski definition) is 0. The molecule has 0 aliphatic carbocycles. The first kappa shape index (κ1) is 12.8. The van der Waals surface area contributed by atoms with Crippen molar-refractivity contribution in [1.82, 2.24) is 0 Å². The summed E-state index contributed by atoms with van der Waals surface area (Å²) < 4.78 is 6.23. The van der Waals surface area contributed by atoms with E-state index in [2.05, 4.69) is 15.9 Å². The molecule has 0 aliphatic heterocycles. The van der Waals surface area contributed by atoms with Gasteiger partial charge in [0.15, 0.2) is 0 Å². The van der Waals surface area contributed by atoms with Crippen molar-refractivity contribution >= 4 is 21.9 Å². The Hall–Kier alpha value is -1.61. The molecule has 2 nitrogen and oxygen atoms in total. The number of hydrogen-bond acceptors (Lipinski definition) is 2. The predicted octanol–water partition coefficient (Wildman–Crippen LogP) is 3.74. The summed E-state index contributed by atoms with van der Waals surface area (Å²) in [5.74, 6) is -0.205. The van der Waals surface area contributed by atoms with Crippen LogP contribution in [0.1, 0.15) is 11.1 Å². The molecule has 0 spiro atoms. The van der Waals surface area contributed by atoms with Crippen molar-refractivity contribution in [2.24, 2.45) is 0 Å². The SMILES string of the molecule is O=C(Cc1ccccc1)OCc1ccc(Br)cc1. The molecule has 0 radical (unpaired) electrons. The van der Waals surface area contributed by atoms with Crippen molar-refractivity contribution in [1.29, 1.82) is 0 Å². The van der Waals surface area contributed by atoms with E-state index in [0.29, 0.717) is 13.0 Å². The number of ether oxygens (including phenoxy) is 1. The molecule has 0 aromatic heterocycles. The van der Waals surface area contributed by atoms with Crippen LogP contribution in [0.3, 0.4) is 0 Å². The van der Waals surface area contributed by atoms with Crippen LogP contribution >= 0.6 is 15.9 Å². The van der Waals surface area contributed by atoms with Crippen LogP contribution in [0.25, 0.3) is 0 Å². The van der Waals surface area contributed by atoms with E-state index in [1.165, 1.54) is 0 Å². The van der Waals surface area contributed by atoms with Crippen LogP contribution in [0.4, 0.5) is 0 Å². The van der Waals surface area contributed by atoms with Crippen LogP contribution in [0.15, 0.2) is 59.1 Å². The minimum atomic E-state index is -0.205. The molecule has 92 valence electrons. The molecule has 0 saturated heterocycles. The first-order valence-electron chi connectivity index (χ1n) is 5.68. The summed E-state index contributed by atoms with van der Waals surface area (Å²) in [6.45, 7) is 0.318. The van der Waals surface area contributed by atoms with Gasteiger partial charge in [-0.15, -0.1) is 0 Å². The molecule has 3 heteroatoms. The minimum Gasteiger partial charge on any atom is -0.461 e. The van der Waals surface area contributed by atoms with Crippen LogP contribution in [-0.2, 0) is 22.6 Å². The zero-order chi connectivity index (χ0) is 12.8. The van der Waals surface area contributed by atoms with Gasteiger partial charge in [-0.3, -0.25) is 4.79 Å². The highest BCUT2D eigenvalue weighted by molar-refractivity contribution is 9.10. The third-order valence-electron chi connectivity index (χ3n) is 2.50. The molecule has 2 rings (SSSR count). The molecule has 0 atom stereocenters. The van der Waals surface area contributed by atoms with Crippen LogP contribution in [-0.4, -0.2) is 5.97 Å². The van der Waals surface area contributed by atoms with Crippen molar-refractivity contribution in [2.45, 2.75) is 13.0 Å². The maximum atomic E-state index is 11.6. The predicted molar refractivity (Wildman–Crippen MR) is 74.1 cm³/mol. The Balaban J connectivity index is 1.83. The van der Waals surface area contributed by atoms with Crippen molar-refractivity contribution in [3.05, 3.63) is 70.2 Å². The fraction of sp³-hybridized carbons (Fsp3) is 0.133. The van der Waals surface area contributed by atoms with Gasteiger partial charge in [-0.2, -0.15) is 0 Å². The molecular formula is C15H13BrO2. The molecule has 0 bridgehead atoms. The molecule has 2 aromatic rings. The molecule has 0 N–H and O–H groups in total. The maximum Gasteiger partial charge on any atom is 0.310 e. The second-order valence-electron chi connectivity index (χ2n) is 3.95. The summed E-state index contributed by atoms with van der Waals surface area (Å²) >= 11 is 3.36. The fourth-order valence-electron chi connectivity index (χ4n) is 1.56. The standard InChI is InChI=1S/C15H13BrO2/c16-14-8-6-13(7-9-14)11-18-15(17)10-12-4-2-1-3-5-12/h1-9H,10-11H2. The number of carbonyl (C=O) groups excluding carboxylic acids is 1. The van der Waals surface area contributed by atoms with Gasteiger partial charge in [-0.05, 0) is 23.3 Å². The first-order chi connectivity index (χ1) is 8.74. The summed E-state index contributed by atoms with van der Waals surface area (Å²) in [6, 6.07) is 17.3. The molecule has 0 heterocycles. The van der Waals surface area contributed by atoms with Gasteiger partial charge in [-0.25, -0.2) is 0 Å².